The minimum absolute atomic E-state index is 0.000835. The topological polar surface area (TPSA) is 539 Å². The molecule has 0 aliphatic heterocycles. The fraction of sp³-hybridized carbons (Fsp3) is 0.386. The number of hydrogen-bond donors (Lipinski definition) is 13. The van der Waals surface area contributed by atoms with Gasteiger partial charge in [0, 0.05) is 46.0 Å². The van der Waals surface area contributed by atoms with Crippen molar-refractivity contribution in [3.8, 4) is 23.0 Å². The van der Waals surface area contributed by atoms with E-state index in [9.17, 15) is 114 Å². The maximum Gasteiger partial charge on any atom is 0.255 e. The van der Waals surface area contributed by atoms with Gasteiger partial charge in [-0.2, -0.15) is 0 Å². The maximum absolute atomic E-state index is 14.3. The largest absolute Gasteiger partial charge is 0.508 e. The molecule has 0 bridgehead atoms. The Kier molecular flexibility index (Phi) is 29.8. The zero-order chi connectivity index (χ0) is 107. The van der Waals surface area contributed by atoms with Gasteiger partial charge in [0.15, 0.2) is 45.5 Å². The lowest BCUT2D eigenvalue weighted by Crippen LogP contribution is -2.67. The third kappa shape index (κ3) is 17.9. The summed E-state index contributed by atoms with van der Waals surface area (Å²) in [5.74, 6) is -18.8. The highest BCUT2D eigenvalue weighted by Crippen LogP contribution is 2.59. The molecular weight excluding hydrogens is 1900 g/mol. The summed E-state index contributed by atoms with van der Waals surface area (Å²) in [5.41, 5.74) is 5.52. The molecular formula is C114H122N6O28. The van der Waals surface area contributed by atoms with Crippen LogP contribution < -0.4 is 25.7 Å². The number of primary amides is 2. The SMILES string of the molecule is CCCCOc1cccc2c1C(O)=C1C(=O)[C@]3(O)C(O)=C(C(C)=O)C(=O)[C@@H](N(C)C)[C@@H]3C[C@@H]1C2.CCCOc1cccc2c1C(O)=C1C(=O)[C@]3(O)C(O)=C(C(C)=O)C(=O)[C@@H](N(C)C)[C@@H]3C[C@@H]1C2.CN(C)[C@@H]1C(OCc2ccccc2)=C(C(N)=O)C(=O)[C@@]2(O)C(=O)C3=C(O)c4c(O)cccc4C[C@H]3C[C@@H]12.CN(C)[C@@H]1C(OCc2ccccc2)=C(C(N)=O)C(=O)[C@@]2(O)C(=O)C3=C(O)c4c(cccc4OCc4ccccc4)C[C@H]3C[C@@H]12. The Morgan fingerprint density at radius 3 is 0.919 bits per heavy atom. The number of amides is 2. The lowest BCUT2D eigenvalue weighted by molar-refractivity contribution is -0.164. The Morgan fingerprint density at radius 2 is 0.615 bits per heavy atom. The van der Waals surface area contributed by atoms with Crippen molar-refractivity contribution in [2.24, 2.45) is 58.8 Å². The van der Waals surface area contributed by atoms with Crippen LogP contribution in [0.15, 0.2) is 231 Å². The number of unbranched alkanes of at least 4 members (excludes halogenated alkanes) is 1. The molecule has 12 aliphatic carbocycles. The van der Waals surface area contributed by atoms with Crippen LogP contribution in [0.3, 0.4) is 0 Å². The predicted octanol–water partition coefficient (Wildman–Crippen LogP) is 9.81. The van der Waals surface area contributed by atoms with Crippen LogP contribution in [0.5, 0.6) is 23.0 Å². The zero-order valence-electron chi connectivity index (χ0n) is 84.1. The highest BCUT2D eigenvalue weighted by atomic mass is 16.5. The van der Waals surface area contributed by atoms with E-state index in [2.05, 4.69) is 0 Å². The number of fused-ring (bicyclic) bond motifs is 12. The van der Waals surface area contributed by atoms with E-state index in [-0.39, 0.29) is 108 Å². The van der Waals surface area contributed by atoms with Gasteiger partial charge in [0.1, 0.15) is 111 Å². The van der Waals surface area contributed by atoms with Crippen molar-refractivity contribution in [1.82, 2.24) is 19.6 Å². The third-order valence-electron chi connectivity index (χ3n) is 30.9. The number of Topliss-reactive ketones (excluding diaryl/α,β-unsaturated/α-hetero) is 10. The Morgan fingerprint density at radius 1 is 0.331 bits per heavy atom. The van der Waals surface area contributed by atoms with Gasteiger partial charge in [-0.05, 0) is 221 Å². The molecule has 0 saturated heterocycles. The van der Waals surface area contributed by atoms with Crippen LogP contribution in [0, 0.1) is 47.3 Å². The molecule has 12 aliphatic rings. The number of benzene rings is 7. The van der Waals surface area contributed by atoms with E-state index in [1.165, 1.54) is 6.07 Å². The van der Waals surface area contributed by atoms with E-state index in [0.29, 0.717) is 78.4 Å². The Labute approximate surface area is 853 Å². The fourth-order valence-corrected chi connectivity index (χ4v) is 24.3. The van der Waals surface area contributed by atoms with Gasteiger partial charge >= 0.3 is 0 Å². The normalized spacial score (nSPS) is 27.1. The number of rotatable bonds is 24. The molecule has 34 nitrogen and oxygen atoms in total. The molecule has 4 fully saturated rings. The first-order chi connectivity index (χ1) is 70.3. The van der Waals surface area contributed by atoms with Gasteiger partial charge in [0.2, 0.25) is 34.7 Å². The van der Waals surface area contributed by atoms with Crippen LogP contribution in [-0.4, -0.2) is 262 Å². The van der Waals surface area contributed by atoms with E-state index in [4.69, 9.17) is 35.2 Å². The Hall–Kier alpha value is -14.6. The standard InChI is InChI=1S/C35H34N2O7.C28H28N2O7.C26H31NO7.C25H29NO7/c1-37(2)29-24-17-23-16-22-14-9-15-25(43-18-20-10-5-3-6-11-20)26(22)30(38)27(23)32(39)35(24,42)33(40)28(34(36)41)31(29)44-19-21-12-7-4-8-13-21;1-30(2)22-17-12-16-11-15-9-6-10-18(31)19(15)23(32)20(16)25(33)28(17,36)26(34)21(27(29)35)24(22)37-13-14-7-4-3-5-8-14;1-5-6-10-34-17-9-7-8-14-11-15-12-16-21(27(3)4)23(30)18(13(2)28)24(31)26(16,33)25(32)20(15)22(29)19(14)17;1-5-9-33-16-8-6-7-13-10-14-11-15-20(26(3)4)22(29)17(12(2)27)23(30)25(15,32)24(31)19(14)21(28)18(13)16/h3-15,23-24,29,38,42H,16-19H2,1-2H3,(H2,36,41);3-10,16-17,22,31-32,36H,11-13H2,1-2H3,(H2,29,35);7-9,15-16,21,29,31,33H,5-6,10-12H2,1-4H3;6-8,14-15,20,28,30,32H,5,9-11H2,1-4H3/t23-,24-,29-,35-;16-,17-,22-,28-;15-,16-,21-,26+;14-,15-,20-,25+/m0000/s1. The zero-order valence-corrected chi connectivity index (χ0v) is 84.1. The van der Waals surface area contributed by atoms with Gasteiger partial charge < -0.3 is 91.3 Å². The van der Waals surface area contributed by atoms with E-state index in [1.807, 2.05) is 141 Å². The molecule has 7 aromatic carbocycles. The highest BCUT2D eigenvalue weighted by molar-refractivity contribution is 6.35. The molecule has 16 atom stereocenters. The number of phenols is 1. The molecule has 15 N–H and O–H groups in total. The number of aliphatic hydroxyl groups is 10. The second-order valence-corrected chi connectivity index (χ2v) is 40.7. The first-order valence-corrected chi connectivity index (χ1v) is 49.4. The number of nitrogens with two attached hydrogens (primary N) is 2. The smallest absolute Gasteiger partial charge is 0.255 e. The number of likely N-dealkylation sites (N-methyl/N-ethyl adjacent to an activating group) is 4. The molecule has 0 unspecified atom stereocenters. The molecule has 776 valence electrons. The van der Waals surface area contributed by atoms with E-state index < -0.39 is 203 Å². The van der Waals surface area contributed by atoms with Crippen LogP contribution >= 0.6 is 0 Å². The number of phenolic OH excluding ortho intramolecular Hbond substituents is 1. The summed E-state index contributed by atoms with van der Waals surface area (Å²) in [4.78, 5) is 166. The van der Waals surface area contributed by atoms with Crippen molar-refractivity contribution in [2.45, 2.75) is 165 Å². The molecule has 34 heteroatoms. The molecule has 2 amide bonds. The second-order valence-electron chi connectivity index (χ2n) is 40.7. The summed E-state index contributed by atoms with van der Waals surface area (Å²) in [6, 6.07) is 45.4. The molecule has 0 aromatic heterocycles. The fourth-order valence-electron chi connectivity index (χ4n) is 24.3. The average molecular weight is 2020 g/mol. The van der Waals surface area contributed by atoms with Crippen molar-refractivity contribution < 1.29 is 137 Å². The number of ether oxygens (including phenoxy) is 5. The minimum Gasteiger partial charge on any atom is -0.508 e. The number of ketones is 10. The summed E-state index contributed by atoms with van der Waals surface area (Å²) in [6.07, 6.45) is 4.73. The van der Waals surface area contributed by atoms with E-state index >= 15 is 0 Å². The Balaban J connectivity index is 0.000000142. The predicted molar refractivity (Wildman–Crippen MR) is 539 cm³/mol. The van der Waals surface area contributed by atoms with Crippen LogP contribution in [0.1, 0.15) is 134 Å². The van der Waals surface area contributed by atoms with Crippen LogP contribution in [0.25, 0.3) is 23.0 Å². The van der Waals surface area contributed by atoms with Crippen molar-refractivity contribution in [1.29, 1.82) is 0 Å². The second kappa shape index (κ2) is 41.6. The molecule has 0 spiro atoms. The number of carbonyl (C=O) groups excluding carboxylic acids is 12. The van der Waals surface area contributed by atoms with Gasteiger partial charge in [-0.15, -0.1) is 0 Å². The van der Waals surface area contributed by atoms with Crippen molar-refractivity contribution in [3.63, 3.8) is 0 Å². The summed E-state index contributed by atoms with van der Waals surface area (Å²) < 4.78 is 29.9. The van der Waals surface area contributed by atoms with Gasteiger partial charge in [-0.25, -0.2) is 0 Å². The quantitative estimate of drug-likeness (QED) is 0.0152. The molecule has 19 rings (SSSR count). The minimum atomic E-state index is -2.64. The summed E-state index contributed by atoms with van der Waals surface area (Å²) >= 11 is 0. The van der Waals surface area contributed by atoms with Crippen LogP contribution in [-0.2, 0) is 113 Å². The molecule has 0 heterocycles. The van der Waals surface area contributed by atoms with Gasteiger partial charge in [0.05, 0.1) is 59.6 Å². The van der Waals surface area contributed by atoms with Crippen molar-refractivity contribution >= 4 is 92.7 Å². The van der Waals surface area contributed by atoms with E-state index in [1.54, 1.807) is 106 Å². The Bertz CT molecular complexity index is 6940. The van der Waals surface area contributed by atoms with Crippen LogP contribution in [0.2, 0.25) is 0 Å². The molecule has 4 saturated carbocycles. The number of aliphatic hydroxyl groups excluding tert-OH is 6. The molecule has 0 radical (unpaired) electrons. The number of aromatic hydroxyl groups is 1. The summed E-state index contributed by atoms with van der Waals surface area (Å²) in [5, 5.41) is 125. The average Bonchev–Trinajstić information content (AvgIpc) is 0.710. The molecule has 148 heavy (non-hydrogen) atoms. The van der Waals surface area contributed by atoms with Crippen molar-refractivity contribution in [2.75, 3.05) is 69.6 Å². The maximum atomic E-state index is 14.3. The first kappa shape index (κ1) is 106. The van der Waals surface area contributed by atoms with Gasteiger partial charge in [-0.3, -0.25) is 77.1 Å². The highest BCUT2D eigenvalue weighted by Gasteiger charge is 2.70. The lowest BCUT2D eigenvalue weighted by Gasteiger charge is -2.50. The van der Waals surface area contributed by atoms with Gasteiger partial charge in [0.25, 0.3) is 11.8 Å². The molecule has 7 aromatic rings. The monoisotopic (exact) mass is 2020 g/mol. The number of nitrogens with zero attached hydrogens (tertiary/aromatic N) is 4. The number of hydrogen-bond acceptors (Lipinski definition) is 32. The summed E-state index contributed by atoms with van der Waals surface area (Å²) in [7, 11) is 13.4. The van der Waals surface area contributed by atoms with E-state index in [0.717, 1.165) is 66.5 Å². The number of carbonyl (C=O) groups is 12. The third-order valence-corrected chi connectivity index (χ3v) is 30.9. The summed E-state index contributed by atoms with van der Waals surface area (Å²) in [6.45, 7) is 7.45. The lowest BCUT2D eigenvalue weighted by atomic mass is 9.57. The van der Waals surface area contributed by atoms with Crippen LogP contribution in [0.4, 0.5) is 0 Å². The van der Waals surface area contributed by atoms with Crippen molar-refractivity contribution in [3.05, 3.63) is 293 Å². The first-order valence-electron chi connectivity index (χ1n) is 49.4. The van der Waals surface area contributed by atoms with Gasteiger partial charge in [-0.1, -0.05) is 160 Å².